The summed E-state index contributed by atoms with van der Waals surface area (Å²) in [4.78, 5) is 0. The van der Waals surface area contributed by atoms with E-state index in [0.717, 1.165) is 17.8 Å². The lowest BCUT2D eigenvalue weighted by molar-refractivity contribution is 0.235. The third kappa shape index (κ3) is 4.45. The highest BCUT2D eigenvalue weighted by molar-refractivity contribution is 4.79. The average molecular weight is 225 g/mol. The molecule has 0 bridgehead atoms. The van der Waals surface area contributed by atoms with Crippen LogP contribution in [0.25, 0.3) is 0 Å². The lowest BCUT2D eigenvalue weighted by Crippen LogP contribution is -2.37. The number of rotatable bonds is 7. The van der Waals surface area contributed by atoms with Gasteiger partial charge in [0.1, 0.15) is 0 Å². The number of hydrogen-bond donors (Lipinski definition) is 1. The summed E-state index contributed by atoms with van der Waals surface area (Å²) in [5.74, 6) is 2.72. The van der Waals surface area contributed by atoms with Gasteiger partial charge in [-0.25, -0.2) is 0 Å². The number of hydrogen-bond acceptors (Lipinski definition) is 1. The maximum Gasteiger partial charge on any atom is 0.00695 e. The van der Waals surface area contributed by atoms with Gasteiger partial charge < -0.3 is 5.32 Å². The highest BCUT2D eigenvalue weighted by atomic mass is 14.9. The molecule has 1 fully saturated rings. The van der Waals surface area contributed by atoms with Crippen LogP contribution in [0, 0.1) is 17.8 Å². The van der Waals surface area contributed by atoms with E-state index in [1.54, 1.807) is 0 Å². The van der Waals surface area contributed by atoms with E-state index in [2.05, 4.69) is 33.0 Å². The van der Waals surface area contributed by atoms with Crippen molar-refractivity contribution in [1.29, 1.82) is 0 Å². The van der Waals surface area contributed by atoms with Crippen molar-refractivity contribution in [3.63, 3.8) is 0 Å². The Balaban J connectivity index is 2.38. The molecule has 0 aromatic heterocycles. The van der Waals surface area contributed by atoms with Gasteiger partial charge in [0.2, 0.25) is 0 Å². The molecule has 0 aliphatic heterocycles. The highest BCUT2D eigenvalue weighted by Crippen LogP contribution is 2.33. The lowest BCUT2D eigenvalue weighted by Gasteiger charge is -2.30. The fraction of sp³-hybridized carbons (Fsp3) is 1.00. The summed E-state index contributed by atoms with van der Waals surface area (Å²) in [7, 11) is 0. The van der Waals surface area contributed by atoms with Crippen molar-refractivity contribution in [3.05, 3.63) is 0 Å². The van der Waals surface area contributed by atoms with E-state index in [1.807, 2.05) is 0 Å². The van der Waals surface area contributed by atoms with Crippen LogP contribution in [0.4, 0.5) is 0 Å². The zero-order valence-electron chi connectivity index (χ0n) is 11.8. The Morgan fingerprint density at radius 1 is 1.12 bits per heavy atom. The van der Waals surface area contributed by atoms with Crippen molar-refractivity contribution in [3.8, 4) is 0 Å². The Kier molecular flexibility index (Phi) is 6.41. The zero-order chi connectivity index (χ0) is 12.0. The monoisotopic (exact) mass is 225 g/mol. The highest BCUT2D eigenvalue weighted by Gasteiger charge is 2.25. The first kappa shape index (κ1) is 14.0. The van der Waals surface area contributed by atoms with E-state index in [-0.39, 0.29) is 0 Å². The first-order chi connectivity index (χ1) is 7.65. The normalized spacial score (nSPS) is 21.6. The minimum absolute atomic E-state index is 0.695. The van der Waals surface area contributed by atoms with Gasteiger partial charge in [-0.3, -0.25) is 0 Å². The Bertz CT molecular complexity index is 170. The molecule has 96 valence electrons. The van der Waals surface area contributed by atoms with Gasteiger partial charge in [0.25, 0.3) is 0 Å². The molecule has 1 aliphatic rings. The largest absolute Gasteiger partial charge is 0.314 e. The standard InChI is InChI=1S/C15H31N/c1-5-10-16-13(4)15(12(2)3)11-14-8-6-7-9-14/h12-16H,5-11H2,1-4H3. The SMILES string of the molecule is CCCNC(C)C(CC1CCCC1)C(C)C. The summed E-state index contributed by atoms with van der Waals surface area (Å²) in [5, 5.41) is 3.69. The smallest absolute Gasteiger partial charge is 0.00695 e. The maximum atomic E-state index is 3.69. The van der Waals surface area contributed by atoms with E-state index < -0.39 is 0 Å². The van der Waals surface area contributed by atoms with E-state index >= 15 is 0 Å². The summed E-state index contributed by atoms with van der Waals surface area (Å²) < 4.78 is 0. The van der Waals surface area contributed by atoms with E-state index in [9.17, 15) is 0 Å². The predicted octanol–water partition coefficient (Wildman–Crippen LogP) is 4.23. The van der Waals surface area contributed by atoms with Crippen LogP contribution in [0.1, 0.15) is 66.2 Å². The fourth-order valence-corrected chi connectivity index (χ4v) is 3.21. The van der Waals surface area contributed by atoms with Crippen molar-refractivity contribution in [1.82, 2.24) is 5.32 Å². The Morgan fingerprint density at radius 3 is 2.25 bits per heavy atom. The van der Waals surface area contributed by atoms with Gasteiger partial charge in [-0.1, -0.05) is 46.5 Å². The molecule has 0 saturated heterocycles. The zero-order valence-corrected chi connectivity index (χ0v) is 11.8. The van der Waals surface area contributed by atoms with Crippen LogP contribution in [0.5, 0.6) is 0 Å². The van der Waals surface area contributed by atoms with Gasteiger partial charge in [0, 0.05) is 6.04 Å². The predicted molar refractivity (Wildman–Crippen MR) is 72.7 cm³/mol. The van der Waals surface area contributed by atoms with Gasteiger partial charge in [0.15, 0.2) is 0 Å². The molecule has 0 heterocycles. The van der Waals surface area contributed by atoms with Gasteiger partial charge >= 0.3 is 0 Å². The van der Waals surface area contributed by atoms with Gasteiger partial charge in [-0.05, 0) is 44.1 Å². The van der Waals surface area contributed by atoms with Crippen molar-refractivity contribution in [2.45, 2.75) is 72.3 Å². The molecule has 1 rings (SSSR count). The van der Waals surface area contributed by atoms with Crippen LogP contribution in [0.3, 0.4) is 0 Å². The molecule has 2 atom stereocenters. The third-order valence-corrected chi connectivity index (χ3v) is 4.30. The molecule has 1 aliphatic carbocycles. The average Bonchev–Trinajstić information content (AvgIpc) is 2.74. The second-order valence-corrected chi connectivity index (χ2v) is 6.04. The summed E-state index contributed by atoms with van der Waals surface area (Å²) >= 11 is 0. The topological polar surface area (TPSA) is 12.0 Å². The number of nitrogens with one attached hydrogen (secondary N) is 1. The van der Waals surface area contributed by atoms with Gasteiger partial charge in [-0.2, -0.15) is 0 Å². The molecule has 1 nitrogen and oxygen atoms in total. The van der Waals surface area contributed by atoms with E-state index in [0.29, 0.717) is 6.04 Å². The summed E-state index contributed by atoms with van der Waals surface area (Å²) in [6.45, 7) is 10.6. The Labute approximate surface area is 102 Å². The molecule has 1 heteroatoms. The van der Waals surface area contributed by atoms with Crippen LogP contribution >= 0.6 is 0 Å². The summed E-state index contributed by atoms with van der Waals surface area (Å²) in [5.41, 5.74) is 0. The second-order valence-electron chi connectivity index (χ2n) is 6.04. The minimum atomic E-state index is 0.695. The second kappa shape index (κ2) is 7.32. The molecule has 0 radical (unpaired) electrons. The quantitative estimate of drug-likeness (QED) is 0.684. The Hall–Kier alpha value is -0.0400. The lowest BCUT2D eigenvalue weighted by atomic mass is 9.81. The van der Waals surface area contributed by atoms with Crippen molar-refractivity contribution in [2.24, 2.45) is 17.8 Å². The molecule has 0 spiro atoms. The van der Waals surface area contributed by atoms with Crippen molar-refractivity contribution in [2.75, 3.05) is 6.54 Å². The summed E-state index contributed by atoms with van der Waals surface area (Å²) in [6, 6.07) is 0.695. The molecule has 1 saturated carbocycles. The van der Waals surface area contributed by atoms with Crippen LogP contribution in [-0.4, -0.2) is 12.6 Å². The molecular formula is C15H31N. The Morgan fingerprint density at radius 2 is 1.75 bits per heavy atom. The molecular weight excluding hydrogens is 194 g/mol. The molecule has 2 unspecified atom stereocenters. The molecule has 0 aromatic carbocycles. The van der Waals surface area contributed by atoms with Gasteiger partial charge in [0.05, 0.1) is 0 Å². The maximum absolute atomic E-state index is 3.69. The van der Waals surface area contributed by atoms with Crippen molar-refractivity contribution < 1.29 is 0 Å². The van der Waals surface area contributed by atoms with Crippen LogP contribution in [0.15, 0.2) is 0 Å². The third-order valence-electron chi connectivity index (χ3n) is 4.30. The summed E-state index contributed by atoms with van der Waals surface area (Å²) in [6.07, 6.45) is 8.64. The van der Waals surface area contributed by atoms with E-state index in [4.69, 9.17) is 0 Å². The van der Waals surface area contributed by atoms with Crippen LogP contribution in [0.2, 0.25) is 0 Å². The molecule has 1 N–H and O–H groups in total. The molecule has 0 aromatic rings. The molecule has 16 heavy (non-hydrogen) atoms. The van der Waals surface area contributed by atoms with Gasteiger partial charge in [-0.15, -0.1) is 0 Å². The fourth-order valence-electron chi connectivity index (χ4n) is 3.21. The first-order valence-corrected chi connectivity index (χ1v) is 7.38. The minimum Gasteiger partial charge on any atom is -0.314 e. The van der Waals surface area contributed by atoms with Crippen molar-refractivity contribution >= 4 is 0 Å². The van der Waals surface area contributed by atoms with E-state index in [1.165, 1.54) is 45.1 Å². The van der Waals surface area contributed by atoms with Crippen LogP contribution < -0.4 is 5.32 Å². The van der Waals surface area contributed by atoms with Crippen LogP contribution in [-0.2, 0) is 0 Å². The first-order valence-electron chi connectivity index (χ1n) is 7.38. The molecule has 0 amide bonds.